The Kier molecular flexibility index (Phi) is 8.33. The molecule has 10 heteroatoms. The molecular weight excluding hydrogens is 565 g/mol. The van der Waals surface area contributed by atoms with Crippen LogP contribution < -0.4 is 10.9 Å². The molecule has 4 heterocycles. The number of rotatable bonds is 6. The lowest BCUT2D eigenvalue weighted by molar-refractivity contribution is 0.347. The fraction of sp³-hybridized carbons (Fsp3) is 0.250. The molecule has 2 aromatic carbocycles. The van der Waals surface area contributed by atoms with E-state index in [2.05, 4.69) is 63.5 Å². The monoisotopic (exact) mass is 594 g/mol. The number of aromatic nitrogens is 4. The molecule has 1 saturated heterocycles. The predicted octanol–water partition coefficient (Wildman–Crippen LogP) is 5.72. The number of anilines is 2. The Morgan fingerprint density at radius 2 is 1.93 bits per heavy atom. The lowest BCUT2D eigenvalue weighted by Crippen LogP contribution is -2.30. The Hall–Kier alpha value is -4.04. The zero-order valence-electron chi connectivity index (χ0n) is 23.6. The number of likely N-dealkylation sites (N-methyl/N-ethyl adjacent to an activating group) is 1. The van der Waals surface area contributed by atoms with E-state index in [9.17, 15) is 4.79 Å². The Labute approximate surface area is 252 Å². The van der Waals surface area contributed by atoms with Crippen molar-refractivity contribution in [2.75, 3.05) is 37.5 Å². The van der Waals surface area contributed by atoms with Crippen molar-refractivity contribution in [2.24, 2.45) is 0 Å². The van der Waals surface area contributed by atoms with Crippen molar-refractivity contribution in [1.29, 1.82) is 0 Å². The van der Waals surface area contributed by atoms with Crippen LogP contribution in [-0.4, -0.2) is 56.7 Å². The van der Waals surface area contributed by atoms with E-state index >= 15 is 0 Å². The van der Waals surface area contributed by atoms with Crippen molar-refractivity contribution < 1.29 is 4.52 Å². The molecule has 212 valence electrons. The fourth-order valence-corrected chi connectivity index (χ4v) is 6.72. The summed E-state index contributed by atoms with van der Waals surface area (Å²) in [5.41, 5.74) is 5.62. The Morgan fingerprint density at radius 1 is 1.12 bits per heavy atom. The summed E-state index contributed by atoms with van der Waals surface area (Å²) in [5.74, 6) is 7.74. The first-order valence-corrected chi connectivity index (χ1v) is 15.9. The van der Waals surface area contributed by atoms with Gasteiger partial charge in [-0.2, -0.15) is 16.7 Å². The Bertz CT molecular complexity index is 1840. The third kappa shape index (κ3) is 6.23. The van der Waals surface area contributed by atoms with Gasteiger partial charge in [0.05, 0.1) is 18.3 Å². The number of pyridine rings is 1. The topological polar surface area (TPSA) is 89.1 Å². The smallest absolute Gasteiger partial charge is 0.268 e. The lowest BCUT2D eigenvalue weighted by Gasteiger charge is -2.29. The van der Waals surface area contributed by atoms with Crippen LogP contribution in [0, 0.1) is 18.8 Å². The highest BCUT2D eigenvalue weighted by molar-refractivity contribution is 7.99. The molecule has 1 aliphatic heterocycles. The maximum atomic E-state index is 13.8. The van der Waals surface area contributed by atoms with Crippen LogP contribution in [0.5, 0.6) is 0 Å². The molecule has 3 aromatic heterocycles. The van der Waals surface area contributed by atoms with Crippen molar-refractivity contribution in [3.63, 3.8) is 0 Å². The van der Waals surface area contributed by atoms with Crippen LogP contribution in [0.3, 0.4) is 0 Å². The summed E-state index contributed by atoms with van der Waals surface area (Å²) in [7, 11) is 2.17. The van der Waals surface area contributed by atoms with E-state index in [1.165, 1.54) is 17.3 Å². The zero-order valence-corrected chi connectivity index (χ0v) is 25.3. The molecule has 42 heavy (non-hydrogen) atoms. The number of aryl methyl sites for hydroxylation is 1. The van der Waals surface area contributed by atoms with Gasteiger partial charge in [0, 0.05) is 52.5 Å². The molecule has 1 N–H and O–H groups in total. The first-order valence-electron chi connectivity index (χ1n) is 13.6. The van der Waals surface area contributed by atoms with Crippen LogP contribution in [0.1, 0.15) is 33.1 Å². The van der Waals surface area contributed by atoms with E-state index in [1.807, 2.05) is 49.2 Å². The zero-order chi connectivity index (χ0) is 29.1. The molecule has 0 spiro atoms. The lowest BCUT2D eigenvalue weighted by atomic mass is 10.1. The van der Waals surface area contributed by atoms with E-state index in [4.69, 9.17) is 9.51 Å². The Balaban J connectivity index is 1.34. The van der Waals surface area contributed by atoms with Crippen molar-refractivity contribution >= 4 is 46.2 Å². The van der Waals surface area contributed by atoms with E-state index in [0.29, 0.717) is 32.9 Å². The molecule has 8 nitrogen and oxygen atoms in total. The maximum absolute atomic E-state index is 13.8. The number of hydrogen-bond acceptors (Lipinski definition) is 9. The molecule has 6 rings (SSSR count). The summed E-state index contributed by atoms with van der Waals surface area (Å²) in [5, 5.41) is 9.08. The van der Waals surface area contributed by atoms with Gasteiger partial charge >= 0.3 is 0 Å². The summed E-state index contributed by atoms with van der Waals surface area (Å²) in [6, 6.07) is 18.1. The SMILES string of the molecule is CSc1oncc1Cn1c(=O)c(C#Cc2ccc(C)cc2)cc2cnc(Nc3ccc(C4CN(C)CCS4)cc3)nc21. The second-order valence-corrected chi connectivity index (χ2v) is 12.3. The average molecular weight is 595 g/mol. The van der Waals surface area contributed by atoms with E-state index in [0.717, 1.165) is 41.2 Å². The van der Waals surface area contributed by atoms with Crippen LogP contribution in [-0.2, 0) is 6.54 Å². The van der Waals surface area contributed by atoms with Crippen LogP contribution in [0.15, 0.2) is 81.4 Å². The molecule has 0 saturated carbocycles. The van der Waals surface area contributed by atoms with Gasteiger partial charge in [-0.1, -0.05) is 58.6 Å². The minimum atomic E-state index is -0.237. The summed E-state index contributed by atoms with van der Waals surface area (Å²) in [6.07, 6.45) is 5.28. The second kappa shape index (κ2) is 12.4. The number of benzene rings is 2. The van der Waals surface area contributed by atoms with Crippen LogP contribution in [0.2, 0.25) is 0 Å². The highest BCUT2D eigenvalue weighted by Gasteiger charge is 2.19. The average Bonchev–Trinajstić information content (AvgIpc) is 3.46. The molecule has 1 unspecified atom stereocenters. The number of fused-ring (bicyclic) bond motifs is 1. The molecule has 5 aromatic rings. The van der Waals surface area contributed by atoms with Gasteiger partial charge in [0.1, 0.15) is 5.65 Å². The molecule has 1 fully saturated rings. The van der Waals surface area contributed by atoms with Crippen LogP contribution in [0.4, 0.5) is 11.6 Å². The maximum Gasteiger partial charge on any atom is 0.268 e. The van der Waals surface area contributed by atoms with Gasteiger partial charge in [0.25, 0.3) is 5.56 Å². The van der Waals surface area contributed by atoms with Crippen molar-refractivity contribution in [1.82, 2.24) is 24.6 Å². The normalized spacial score (nSPS) is 15.4. The minimum absolute atomic E-state index is 0.237. The molecule has 0 radical (unpaired) electrons. The van der Waals surface area contributed by atoms with Gasteiger partial charge in [0.2, 0.25) is 5.95 Å². The number of nitrogens with zero attached hydrogens (tertiary/aromatic N) is 5. The molecule has 0 aliphatic carbocycles. The molecule has 0 bridgehead atoms. The first-order chi connectivity index (χ1) is 20.5. The Morgan fingerprint density at radius 3 is 2.69 bits per heavy atom. The highest BCUT2D eigenvalue weighted by atomic mass is 32.2. The number of nitrogens with one attached hydrogen (secondary N) is 1. The van der Waals surface area contributed by atoms with Crippen LogP contribution >= 0.6 is 23.5 Å². The third-order valence-electron chi connectivity index (χ3n) is 7.15. The van der Waals surface area contributed by atoms with E-state index < -0.39 is 0 Å². The highest BCUT2D eigenvalue weighted by Crippen LogP contribution is 2.33. The first kappa shape index (κ1) is 28.1. The van der Waals surface area contributed by atoms with E-state index in [1.54, 1.807) is 23.0 Å². The summed E-state index contributed by atoms with van der Waals surface area (Å²) in [4.78, 5) is 25.5. The van der Waals surface area contributed by atoms with Gasteiger partial charge in [-0.15, -0.1) is 0 Å². The molecule has 1 aliphatic rings. The van der Waals surface area contributed by atoms with Gasteiger partial charge in [-0.3, -0.25) is 9.36 Å². The quantitative estimate of drug-likeness (QED) is 0.196. The standard InChI is InChI=1S/C32H30N6O2S2/c1-21-4-6-22(7-5-21)8-9-24-16-25-17-33-32(35-27-12-10-23(11-13-27)28-20-37(2)14-15-42-28)36-29(25)38(30(24)39)19-26-18-34-40-31(26)41-3/h4-7,10-13,16-18,28H,14-15,19-20H2,1-3H3,(H,33,35,36). The summed E-state index contributed by atoms with van der Waals surface area (Å²) in [6.45, 7) is 4.44. The van der Waals surface area contributed by atoms with Gasteiger partial charge in [-0.05, 0) is 56.1 Å². The molecule has 1 atom stereocenters. The molecular formula is C32H30N6O2S2. The van der Waals surface area contributed by atoms with Gasteiger partial charge in [-0.25, -0.2) is 4.98 Å². The molecule has 0 amide bonds. The minimum Gasteiger partial charge on any atom is -0.350 e. The van der Waals surface area contributed by atoms with Gasteiger partial charge in [0.15, 0.2) is 5.09 Å². The van der Waals surface area contributed by atoms with Crippen molar-refractivity contribution in [3.05, 3.63) is 105 Å². The second-order valence-electron chi connectivity index (χ2n) is 10.2. The van der Waals surface area contributed by atoms with Crippen molar-refractivity contribution in [2.45, 2.75) is 23.8 Å². The van der Waals surface area contributed by atoms with E-state index in [-0.39, 0.29) is 12.1 Å². The van der Waals surface area contributed by atoms with Crippen molar-refractivity contribution in [3.8, 4) is 11.8 Å². The fourth-order valence-electron chi connectivity index (χ4n) is 4.81. The van der Waals surface area contributed by atoms with Crippen LogP contribution in [0.25, 0.3) is 11.0 Å². The van der Waals surface area contributed by atoms with Gasteiger partial charge < -0.3 is 14.7 Å². The summed E-state index contributed by atoms with van der Waals surface area (Å²) >= 11 is 3.44. The third-order valence-corrected chi connectivity index (χ3v) is 9.10. The predicted molar refractivity (Wildman–Crippen MR) is 171 cm³/mol. The number of hydrogen-bond donors (Lipinski definition) is 1. The largest absolute Gasteiger partial charge is 0.350 e. The number of thioether (sulfide) groups is 2. The summed E-state index contributed by atoms with van der Waals surface area (Å²) < 4.78 is 6.98.